The fraction of sp³-hybridized carbons (Fsp3) is 0.280. The van der Waals surface area contributed by atoms with Crippen LogP contribution >= 0.6 is 0 Å². The van der Waals surface area contributed by atoms with Gasteiger partial charge in [0.05, 0.1) is 11.8 Å². The van der Waals surface area contributed by atoms with Crippen molar-refractivity contribution >= 4 is 17.0 Å². The van der Waals surface area contributed by atoms with Crippen LogP contribution in [0.4, 0.5) is 17.6 Å². The molecular weight excluding hydrogens is 406 g/mol. The first kappa shape index (κ1) is 26.2. The third-order valence-electron chi connectivity index (χ3n) is 4.04. The van der Waals surface area contributed by atoms with Crippen LogP contribution in [0.2, 0.25) is 0 Å². The number of nitrogens with zero attached hydrogens (tertiary/aromatic N) is 1. The minimum absolute atomic E-state index is 0.125. The number of hydrogen-bond acceptors (Lipinski definition) is 2. The number of likely N-dealkylation sites (N-methyl/N-ethyl adjacent to an activating group) is 1. The maximum absolute atomic E-state index is 13.8. The third kappa shape index (κ3) is 8.06. The summed E-state index contributed by atoms with van der Waals surface area (Å²) in [5.41, 5.74) is 0.992. The maximum atomic E-state index is 13.8. The van der Waals surface area contributed by atoms with Crippen molar-refractivity contribution in [2.75, 3.05) is 13.6 Å². The first-order chi connectivity index (χ1) is 14.8. The molecule has 0 aliphatic heterocycles. The summed E-state index contributed by atoms with van der Waals surface area (Å²) in [6.45, 7) is 10.4. The van der Waals surface area contributed by atoms with Crippen LogP contribution in [0.25, 0.3) is 17.0 Å². The van der Waals surface area contributed by atoms with E-state index < -0.39 is 17.6 Å². The molecule has 0 amide bonds. The minimum Gasteiger partial charge on any atom is -0.464 e. The largest absolute Gasteiger partial charge is 0.464 e. The van der Waals surface area contributed by atoms with Crippen molar-refractivity contribution in [3.63, 3.8) is 0 Å². The van der Waals surface area contributed by atoms with Gasteiger partial charge in [-0.1, -0.05) is 56.3 Å². The summed E-state index contributed by atoms with van der Waals surface area (Å²) in [6, 6.07) is 10.3. The lowest BCUT2D eigenvalue weighted by molar-refractivity contribution is -0.137. The molecule has 3 rings (SSSR count). The minimum atomic E-state index is -4.54. The van der Waals surface area contributed by atoms with Crippen molar-refractivity contribution in [1.29, 1.82) is 0 Å². The van der Waals surface area contributed by atoms with Crippen molar-refractivity contribution in [2.24, 2.45) is 0 Å². The molecule has 0 N–H and O–H groups in total. The van der Waals surface area contributed by atoms with Gasteiger partial charge < -0.3 is 4.42 Å². The summed E-state index contributed by atoms with van der Waals surface area (Å²) in [5, 5.41) is 1.04. The first-order valence-electron chi connectivity index (χ1n) is 10.00. The van der Waals surface area contributed by atoms with E-state index in [-0.39, 0.29) is 5.56 Å². The Morgan fingerprint density at radius 3 is 2.35 bits per heavy atom. The molecule has 2 aromatic carbocycles. The van der Waals surface area contributed by atoms with Gasteiger partial charge in [-0.25, -0.2) is 4.39 Å². The van der Waals surface area contributed by atoms with E-state index in [0.29, 0.717) is 19.2 Å². The molecule has 1 heterocycles. The quantitative estimate of drug-likeness (QED) is 0.299. The van der Waals surface area contributed by atoms with Gasteiger partial charge >= 0.3 is 6.18 Å². The molecule has 0 saturated heterocycles. The van der Waals surface area contributed by atoms with Crippen molar-refractivity contribution < 1.29 is 22.0 Å². The van der Waals surface area contributed by atoms with Crippen LogP contribution in [0.1, 0.15) is 37.5 Å². The topological polar surface area (TPSA) is 16.4 Å². The highest BCUT2D eigenvalue weighted by Gasteiger charge is 2.30. The Hall–Kier alpha value is -2.86. The van der Waals surface area contributed by atoms with Gasteiger partial charge in [-0.05, 0) is 32.2 Å². The van der Waals surface area contributed by atoms with Crippen LogP contribution in [0.15, 0.2) is 71.9 Å². The number of benzene rings is 2. The van der Waals surface area contributed by atoms with Crippen LogP contribution in [0.3, 0.4) is 0 Å². The van der Waals surface area contributed by atoms with E-state index in [4.69, 9.17) is 4.42 Å². The highest BCUT2D eigenvalue weighted by atomic mass is 19.4. The number of para-hydroxylation sites is 1. The molecule has 0 spiro atoms. The fourth-order valence-electron chi connectivity index (χ4n) is 2.71. The second-order valence-corrected chi connectivity index (χ2v) is 6.50. The number of alkyl halides is 3. The Morgan fingerprint density at radius 2 is 1.74 bits per heavy atom. The van der Waals surface area contributed by atoms with Gasteiger partial charge in [-0.3, -0.25) is 4.90 Å². The first-order valence-corrected chi connectivity index (χ1v) is 10.00. The maximum Gasteiger partial charge on any atom is 0.416 e. The van der Waals surface area contributed by atoms with Crippen LogP contribution < -0.4 is 0 Å². The van der Waals surface area contributed by atoms with E-state index in [0.717, 1.165) is 28.7 Å². The zero-order chi connectivity index (χ0) is 23.4. The van der Waals surface area contributed by atoms with Crippen molar-refractivity contribution in [3.8, 4) is 0 Å². The lowest BCUT2D eigenvalue weighted by atomic mass is 10.1. The van der Waals surface area contributed by atoms with Crippen molar-refractivity contribution in [1.82, 2.24) is 4.90 Å². The van der Waals surface area contributed by atoms with Crippen LogP contribution in [0, 0.1) is 5.82 Å². The predicted octanol–water partition coefficient (Wildman–Crippen LogP) is 7.95. The van der Waals surface area contributed by atoms with Crippen molar-refractivity contribution in [2.45, 2.75) is 33.5 Å². The molecule has 0 saturated carbocycles. The van der Waals surface area contributed by atoms with Gasteiger partial charge in [-0.15, -0.1) is 6.58 Å². The molecule has 0 fully saturated rings. The molecule has 31 heavy (non-hydrogen) atoms. The van der Waals surface area contributed by atoms with Crippen LogP contribution in [0.5, 0.6) is 0 Å². The van der Waals surface area contributed by atoms with E-state index in [1.54, 1.807) is 18.4 Å². The van der Waals surface area contributed by atoms with E-state index >= 15 is 0 Å². The summed E-state index contributed by atoms with van der Waals surface area (Å²) in [5.74, 6) is -0.889. The number of furan rings is 1. The van der Waals surface area contributed by atoms with E-state index in [1.807, 2.05) is 57.0 Å². The van der Waals surface area contributed by atoms with E-state index in [9.17, 15) is 17.6 Å². The monoisotopic (exact) mass is 435 g/mol. The Kier molecular flexibility index (Phi) is 10.8. The van der Waals surface area contributed by atoms with Gasteiger partial charge in [0.15, 0.2) is 0 Å². The molecule has 0 bridgehead atoms. The molecular formula is C25H29F4NO. The summed E-state index contributed by atoms with van der Waals surface area (Å²) >= 11 is 0. The smallest absolute Gasteiger partial charge is 0.416 e. The lowest BCUT2D eigenvalue weighted by Crippen LogP contribution is -2.17. The zero-order valence-corrected chi connectivity index (χ0v) is 18.3. The number of hydrogen-bond donors (Lipinski definition) is 0. The Bertz CT molecular complexity index is 973. The van der Waals surface area contributed by atoms with Gasteiger partial charge in [0.1, 0.15) is 11.4 Å². The highest BCUT2D eigenvalue weighted by molar-refractivity contribution is 5.80. The highest BCUT2D eigenvalue weighted by Crippen LogP contribution is 2.30. The van der Waals surface area contributed by atoms with Gasteiger partial charge in [-0.2, -0.15) is 13.2 Å². The molecule has 0 aliphatic carbocycles. The molecule has 6 heteroatoms. The fourth-order valence-corrected chi connectivity index (χ4v) is 2.71. The Morgan fingerprint density at radius 1 is 1.10 bits per heavy atom. The van der Waals surface area contributed by atoms with Gasteiger partial charge in [0.2, 0.25) is 0 Å². The SMILES string of the molecule is C=CC.CC.CN(C/C=C/c1ccc(C(F)(F)F)cc1F)Cc1coc2ccccc12. The summed E-state index contributed by atoms with van der Waals surface area (Å²) in [4.78, 5) is 2.00. The second-order valence-electron chi connectivity index (χ2n) is 6.50. The Balaban J connectivity index is 0.000000884. The third-order valence-corrected chi connectivity index (χ3v) is 4.04. The summed E-state index contributed by atoms with van der Waals surface area (Å²) in [7, 11) is 1.90. The normalized spacial score (nSPS) is 11.1. The van der Waals surface area contributed by atoms with Gasteiger partial charge in [0.25, 0.3) is 0 Å². The van der Waals surface area contributed by atoms with E-state index in [2.05, 4.69) is 6.58 Å². The number of fused-ring (bicyclic) bond motifs is 1. The lowest BCUT2D eigenvalue weighted by Gasteiger charge is -2.13. The number of halogens is 4. The standard InChI is InChI=1S/C20H17F4NO.C3H6.C2H6/c1-25(12-15-13-26-19-7-3-2-6-17(15)19)10-4-5-14-8-9-16(11-18(14)21)20(22,23)24;1-3-2;1-2/h2-9,11,13H,10,12H2,1H3;3H,1H2,2H3;1-2H3/b5-4+;;. The molecule has 1 aromatic heterocycles. The number of allylic oxidation sites excluding steroid dienone is 1. The second kappa shape index (κ2) is 12.7. The number of rotatable bonds is 5. The average molecular weight is 436 g/mol. The molecule has 3 aromatic rings. The molecule has 2 nitrogen and oxygen atoms in total. The average Bonchev–Trinajstić information content (AvgIpc) is 3.13. The Labute approximate surface area is 181 Å². The molecule has 168 valence electrons. The van der Waals surface area contributed by atoms with Crippen molar-refractivity contribution in [3.05, 3.63) is 90.0 Å². The summed E-state index contributed by atoms with van der Waals surface area (Å²) < 4.78 is 56.9. The van der Waals surface area contributed by atoms with Gasteiger partial charge in [0, 0.05) is 29.6 Å². The predicted molar refractivity (Wildman–Crippen MR) is 120 cm³/mol. The molecule has 0 radical (unpaired) electrons. The zero-order valence-electron chi connectivity index (χ0n) is 18.3. The summed E-state index contributed by atoms with van der Waals surface area (Å²) in [6.07, 6.45) is 2.12. The molecule has 0 atom stereocenters. The molecule has 0 unspecified atom stereocenters. The van der Waals surface area contributed by atoms with E-state index in [1.165, 1.54) is 6.08 Å². The molecule has 0 aliphatic rings. The van der Waals surface area contributed by atoms with Crippen LogP contribution in [-0.2, 0) is 12.7 Å². The van der Waals surface area contributed by atoms with Crippen LogP contribution in [-0.4, -0.2) is 18.5 Å².